The molecule has 0 saturated heterocycles. The van der Waals surface area contributed by atoms with Crippen LogP contribution in [0, 0.1) is 0 Å². The number of hydrogen-bond donors (Lipinski definition) is 0. The summed E-state index contributed by atoms with van der Waals surface area (Å²) in [5, 5.41) is 10.7. The molecule has 0 radical (unpaired) electrons. The van der Waals surface area contributed by atoms with Crippen LogP contribution in [-0.4, -0.2) is 4.98 Å². The standard InChI is InChI=1S/C39H26NPS/c42-41(30-13-3-1-4-14-30,31-15-5-2-6-16-31)32-23-19-29(20-24-32)37-35-25-21-27-11-7-9-17-33(27)38(35)40-39-34-18-10-8-12-28(34)22-26-36(37)39/h1-26H. The molecule has 0 amide bonds. The fraction of sp³-hybridized carbons (Fsp3) is 0. The molecule has 0 atom stereocenters. The molecule has 0 aliphatic carbocycles. The molecule has 8 aromatic rings. The van der Waals surface area contributed by atoms with Crippen LogP contribution >= 0.6 is 6.04 Å². The number of rotatable bonds is 4. The SMILES string of the molecule is S=P(c1ccccc1)(c1ccccc1)c1ccc(-c2c3ccc4ccccc4c3nc3c2ccc2ccccc23)cc1. The molecule has 1 aromatic heterocycles. The Morgan fingerprint density at radius 3 is 1.31 bits per heavy atom. The molecule has 0 aliphatic rings. The monoisotopic (exact) mass is 571 g/mol. The molecule has 0 N–H and O–H groups in total. The van der Waals surface area contributed by atoms with E-state index in [4.69, 9.17) is 16.8 Å². The van der Waals surface area contributed by atoms with Gasteiger partial charge in [0, 0.05) is 33.1 Å². The van der Waals surface area contributed by atoms with Gasteiger partial charge >= 0.3 is 0 Å². The largest absolute Gasteiger partial charge is 0.246 e. The predicted molar refractivity (Wildman–Crippen MR) is 186 cm³/mol. The highest BCUT2D eigenvalue weighted by Gasteiger charge is 2.25. The molecule has 1 heterocycles. The van der Waals surface area contributed by atoms with E-state index in [1.165, 1.54) is 48.6 Å². The first-order valence-corrected chi connectivity index (χ1v) is 17.0. The first-order chi connectivity index (χ1) is 20.7. The maximum atomic E-state index is 6.62. The van der Waals surface area contributed by atoms with Crippen molar-refractivity contribution in [2.45, 2.75) is 0 Å². The van der Waals surface area contributed by atoms with Gasteiger partial charge in [0.25, 0.3) is 0 Å². The van der Waals surface area contributed by atoms with Gasteiger partial charge in [-0.1, -0.05) is 170 Å². The van der Waals surface area contributed by atoms with E-state index in [1.54, 1.807) is 0 Å². The molecular weight excluding hydrogens is 545 g/mol. The van der Waals surface area contributed by atoms with Gasteiger partial charge in [0.2, 0.25) is 0 Å². The summed E-state index contributed by atoms with van der Waals surface area (Å²) in [6.07, 6.45) is 0. The lowest BCUT2D eigenvalue weighted by atomic mass is 9.92. The molecule has 7 aromatic carbocycles. The average Bonchev–Trinajstić information content (AvgIpc) is 3.07. The molecule has 3 heteroatoms. The average molecular weight is 572 g/mol. The van der Waals surface area contributed by atoms with Crippen molar-refractivity contribution in [2.24, 2.45) is 0 Å². The van der Waals surface area contributed by atoms with Crippen LogP contribution in [0.4, 0.5) is 0 Å². The predicted octanol–water partition coefficient (Wildman–Crippen LogP) is 9.12. The van der Waals surface area contributed by atoms with Gasteiger partial charge in [-0.3, -0.25) is 0 Å². The van der Waals surface area contributed by atoms with Crippen molar-refractivity contribution >= 4 is 77.1 Å². The fourth-order valence-electron chi connectivity index (χ4n) is 6.28. The maximum absolute atomic E-state index is 6.62. The number of aromatic nitrogens is 1. The van der Waals surface area contributed by atoms with Crippen molar-refractivity contribution in [3.63, 3.8) is 0 Å². The minimum atomic E-state index is -2.23. The summed E-state index contributed by atoms with van der Waals surface area (Å²) in [6, 6.07) is 54.0. The van der Waals surface area contributed by atoms with E-state index in [9.17, 15) is 0 Å². The summed E-state index contributed by atoms with van der Waals surface area (Å²) in [6.45, 7) is 0. The first kappa shape index (κ1) is 25.1. The number of benzene rings is 7. The third kappa shape index (κ3) is 3.91. The van der Waals surface area contributed by atoms with E-state index in [1.807, 2.05) is 0 Å². The summed E-state index contributed by atoms with van der Waals surface area (Å²) in [5.74, 6) is 0. The normalized spacial score (nSPS) is 11.9. The van der Waals surface area contributed by atoms with Crippen molar-refractivity contribution < 1.29 is 0 Å². The van der Waals surface area contributed by atoms with Crippen molar-refractivity contribution in [1.29, 1.82) is 0 Å². The quantitative estimate of drug-likeness (QED) is 0.119. The van der Waals surface area contributed by atoms with Crippen molar-refractivity contribution in [1.82, 2.24) is 4.98 Å². The molecule has 42 heavy (non-hydrogen) atoms. The summed E-state index contributed by atoms with van der Waals surface area (Å²) in [4.78, 5) is 5.35. The van der Waals surface area contributed by atoms with Crippen LogP contribution in [0.5, 0.6) is 0 Å². The Morgan fingerprint density at radius 2 is 0.810 bits per heavy atom. The summed E-state index contributed by atoms with van der Waals surface area (Å²) in [5.41, 5.74) is 4.46. The molecule has 0 unspecified atom stereocenters. The number of pyridine rings is 1. The Balaban J connectivity index is 1.41. The molecule has 198 valence electrons. The molecular formula is C39H26NPS. The van der Waals surface area contributed by atoms with E-state index < -0.39 is 6.04 Å². The molecule has 0 saturated carbocycles. The third-order valence-electron chi connectivity index (χ3n) is 8.32. The van der Waals surface area contributed by atoms with Crippen LogP contribution < -0.4 is 15.9 Å². The van der Waals surface area contributed by atoms with Crippen molar-refractivity contribution in [2.75, 3.05) is 0 Å². The van der Waals surface area contributed by atoms with E-state index in [2.05, 4.69) is 158 Å². The van der Waals surface area contributed by atoms with Crippen LogP contribution in [0.3, 0.4) is 0 Å². The Hall–Kier alpha value is -4.62. The topological polar surface area (TPSA) is 12.9 Å². The van der Waals surface area contributed by atoms with Gasteiger partial charge < -0.3 is 0 Å². The molecule has 8 rings (SSSR count). The Kier molecular flexibility index (Phi) is 6.00. The van der Waals surface area contributed by atoms with Gasteiger partial charge in [-0.2, -0.15) is 0 Å². The number of nitrogens with zero attached hydrogens (tertiary/aromatic N) is 1. The second-order valence-corrected chi connectivity index (χ2v) is 15.1. The Bertz CT molecular complexity index is 2170. The Labute approximate surface area is 250 Å². The zero-order valence-corrected chi connectivity index (χ0v) is 24.5. The summed E-state index contributed by atoms with van der Waals surface area (Å²) < 4.78 is 0. The second kappa shape index (κ2) is 10.0. The van der Waals surface area contributed by atoms with E-state index >= 15 is 0 Å². The first-order valence-electron chi connectivity index (χ1n) is 14.2. The van der Waals surface area contributed by atoms with Gasteiger partial charge in [0.1, 0.15) is 0 Å². The molecule has 0 fully saturated rings. The zero-order chi connectivity index (χ0) is 28.1. The smallest absolute Gasteiger partial charge is 0.0794 e. The molecule has 0 aliphatic heterocycles. The fourth-order valence-corrected chi connectivity index (χ4v) is 10.0. The van der Waals surface area contributed by atoms with Gasteiger partial charge in [0.15, 0.2) is 0 Å². The lowest BCUT2D eigenvalue weighted by molar-refractivity contribution is 1.53. The van der Waals surface area contributed by atoms with Crippen LogP contribution in [0.15, 0.2) is 158 Å². The zero-order valence-electron chi connectivity index (χ0n) is 22.8. The molecule has 1 nitrogen and oxygen atoms in total. The van der Waals surface area contributed by atoms with Crippen LogP contribution in [0.1, 0.15) is 0 Å². The van der Waals surface area contributed by atoms with Gasteiger partial charge in [-0.15, -0.1) is 0 Å². The van der Waals surface area contributed by atoms with Gasteiger partial charge in [-0.25, -0.2) is 4.98 Å². The van der Waals surface area contributed by atoms with E-state index in [-0.39, 0.29) is 0 Å². The third-order valence-corrected chi connectivity index (χ3v) is 13.3. The lowest BCUT2D eigenvalue weighted by Crippen LogP contribution is -2.24. The highest BCUT2D eigenvalue weighted by molar-refractivity contribution is 8.25. The number of hydrogen-bond acceptors (Lipinski definition) is 2. The Morgan fingerprint density at radius 1 is 0.381 bits per heavy atom. The summed E-state index contributed by atoms with van der Waals surface area (Å²) >= 11 is 6.62. The van der Waals surface area contributed by atoms with Gasteiger partial charge in [-0.05, 0) is 32.2 Å². The number of fused-ring (bicyclic) bond motifs is 6. The van der Waals surface area contributed by atoms with E-state index in [0.717, 1.165) is 21.8 Å². The highest BCUT2D eigenvalue weighted by Crippen LogP contribution is 2.44. The van der Waals surface area contributed by atoms with Gasteiger partial charge in [0.05, 0.1) is 11.0 Å². The second-order valence-electron chi connectivity index (χ2n) is 10.7. The highest BCUT2D eigenvalue weighted by atomic mass is 32.4. The molecule has 0 spiro atoms. The van der Waals surface area contributed by atoms with E-state index in [0.29, 0.717) is 0 Å². The van der Waals surface area contributed by atoms with Crippen LogP contribution in [0.2, 0.25) is 0 Å². The van der Waals surface area contributed by atoms with Crippen LogP contribution in [-0.2, 0) is 11.8 Å². The van der Waals surface area contributed by atoms with Crippen molar-refractivity contribution in [3.8, 4) is 11.1 Å². The summed E-state index contributed by atoms with van der Waals surface area (Å²) in [7, 11) is 0. The molecule has 0 bridgehead atoms. The lowest BCUT2D eigenvalue weighted by Gasteiger charge is -2.24. The van der Waals surface area contributed by atoms with Crippen LogP contribution in [0.25, 0.3) is 54.5 Å². The minimum Gasteiger partial charge on any atom is -0.246 e. The van der Waals surface area contributed by atoms with Crippen molar-refractivity contribution in [3.05, 3.63) is 158 Å². The maximum Gasteiger partial charge on any atom is 0.0794 e. The minimum absolute atomic E-state index is 1.04.